The summed E-state index contributed by atoms with van der Waals surface area (Å²) >= 11 is 5.90. The first kappa shape index (κ1) is 11.5. The van der Waals surface area contributed by atoms with Crippen LogP contribution in [-0.2, 0) is 0 Å². The van der Waals surface area contributed by atoms with Crippen molar-refractivity contribution in [2.45, 2.75) is 0 Å². The number of pyridine rings is 1. The van der Waals surface area contributed by atoms with Crippen molar-refractivity contribution >= 4 is 28.5 Å². The second-order valence-corrected chi connectivity index (χ2v) is 3.74. The number of carboxylic acids is 1. The van der Waals surface area contributed by atoms with Gasteiger partial charge in [0.05, 0.1) is 23.0 Å². The molecule has 1 aromatic carbocycles. The van der Waals surface area contributed by atoms with E-state index in [4.69, 9.17) is 21.4 Å². The number of nitrogens with one attached hydrogen (secondary N) is 1. The number of aromatic amines is 1. The van der Waals surface area contributed by atoms with E-state index in [1.807, 2.05) is 0 Å². The number of fused-ring (bicyclic) bond motifs is 1. The normalized spacial score (nSPS) is 10.5. The van der Waals surface area contributed by atoms with Crippen LogP contribution >= 0.6 is 11.6 Å². The molecule has 0 aliphatic rings. The van der Waals surface area contributed by atoms with E-state index in [2.05, 4.69) is 4.98 Å². The summed E-state index contributed by atoms with van der Waals surface area (Å²) < 4.78 is 5.06. The minimum Gasteiger partial charge on any atom is -0.495 e. The van der Waals surface area contributed by atoms with Crippen molar-refractivity contribution in [3.05, 3.63) is 39.1 Å². The second-order valence-electron chi connectivity index (χ2n) is 3.34. The molecule has 6 heteroatoms. The van der Waals surface area contributed by atoms with Gasteiger partial charge in [-0.1, -0.05) is 11.6 Å². The molecule has 1 heterocycles. The number of rotatable bonds is 2. The molecule has 0 atom stereocenters. The predicted molar refractivity (Wildman–Crippen MR) is 63.1 cm³/mol. The summed E-state index contributed by atoms with van der Waals surface area (Å²) in [6.07, 6.45) is 1.13. The molecule has 0 bridgehead atoms. The molecule has 0 fully saturated rings. The molecule has 0 saturated heterocycles. The standard InChI is InChI=1S/C11H8ClNO4/c1-17-7-3-2-6(12)8-9(7)13-4-5(10(8)14)11(15)16/h2-4H,1H3,(H,13,14)(H,15,16). The Hall–Kier alpha value is -2.01. The van der Waals surface area contributed by atoms with Crippen LogP contribution in [0, 0.1) is 0 Å². The van der Waals surface area contributed by atoms with E-state index >= 15 is 0 Å². The Morgan fingerprint density at radius 3 is 2.76 bits per heavy atom. The van der Waals surface area contributed by atoms with E-state index in [1.165, 1.54) is 13.2 Å². The van der Waals surface area contributed by atoms with Gasteiger partial charge in [0, 0.05) is 6.20 Å². The van der Waals surface area contributed by atoms with Crippen LogP contribution in [0.4, 0.5) is 0 Å². The number of hydrogen-bond donors (Lipinski definition) is 2. The Labute approximate surface area is 101 Å². The number of H-pyrrole nitrogens is 1. The van der Waals surface area contributed by atoms with Gasteiger partial charge in [-0.2, -0.15) is 0 Å². The summed E-state index contributed by atoms with van der Waals surface area (Å²) in [5.74, 6) is -0.870. The third-order valence-electron chi connectivity index (χ3n) is 2.40. The van der Waals surface area contributed by atoms with Gasteiger partial charge in [-0.25, -0.2) is 4.79 Å². The molecular formula is C11H8ClNO4. The average molecular weight is 254 g/mol. The Morgan fingerprint density at radius 1 is 1.47 bits per heavy atom. The van der Waals surface area contributed by atoms with Crippen LogP contribution in [0.2, 0.25) is 5.02 Å². The Balaban J connectivity index is 2.95. The lowest BCUT2D eigenvalue weighted by Crippen LogP contribution is -2.15. The van der Waals surface area contributed by atoms with E-state index in [1.54, 1.807) is 6.07 Å². The SMILES string of the molecule is COc1ccc(Cl)c2c(=O)c(C(=O)O)c[nH]c12. The van der Waals surface area contributed by atoms with Gasteiger partial charge >= 0.3 is 5.97 Å². The highest BCUT2D eigenvalue weighted by atomic mass is 35.5. The molecule has 0 aliphatic heterocycles. The van der Waals surface area contributed by atoms with Gasteiger partial charge in [0.1, 0.15) is 11.3 Å². The van der Waals surface area contributed by atoms with Crippen LogP contribution in [0.25, 0.3) is 10.9 Å². The molecule has 17 heavy (non-hydrogen) atoms. The fraction of sp³-hybridized carbons (Fsp3) is 0.0909. The molecule has 0 saturated carbocycles. The van der Waals surface area contributed by atoms with Crippen LogP contribution in [0.15, 0.2) is 23.1 Å². The summed E-state index contributed by atoms with van der Waals surface area (Å²) in [5.41, 5.74) is -0.599. The van der Waals surface area contributed by atoms with Crippen molar-refractivity contribution in [3.8, 4) is 5.75 Å². The maximum absolute atomic E-state index is 11.9. The van der Waals surface area contributed by atoms with Gasteiger partial charge in [0.2, 0.25) is 5.43 Å². The molecule has 2 aromatic rings. The molecule has 0 radical (unpaired) electrons. The highest BCUT2D eigenvalue weighted by Crippen LogP contribution is 2.27. The van der Waals surface area contributed by atoms with Crippen molar-refractivity contribution < 1.29 is 14.6 Å². The zero-order valence-electron chi connectivity index (χ0n) is 8.78. The minimum atomic E-state index is -1.30. The number of halogens is 1. The van der Waals surface area contributed by atoms with Crippen LogP contribution in [-0.4, -0.2) is 23.2 Å². The topological polar surface area (TPSA) is 79.4 Å². The third kappa shape index (κ3) is 1.74. The lowest BCUT2D eigenvalue weighted by atomic mass is 10.1. The van der Waals surface area contributed by atoms with Gasteiger partial charge in [-0.15, -0.1) is 0 Å². The molecule has 88 valence electrons. The number of aromatic nitrogens is 1. The lowest BCUT2D eigenvalue weighted by molar-refractivity contribution is 0.0695. The average Bonchev–Trinajstić information content (AvgIpc) is 2.29. The first-order valence-corrected chi connectivity index (χ1v) is 5.05. The van der Waals surface area contributed by atoms with Crippen molar-refractivity contribution in [2.75, 3.05) is 7.11 Å². The fourth-order valence-corrected chi connectivity index (χ4v) is 1.84. The van der Waals surface area contributed by atoms with Gasteiger partial charge < -0.3 is 14.8 Å². The van der Waals surface area contributed by atoms with E-state index in [9.17, 15) is 9.59 Å². The molecule has 0 amide bonds. The predicted octanol–water partition coefficient (Wildman–Crippen LogP) is 1.89. The summed E-state index contributed by atoms with van der Waals surface area (Å²) in [5, 5.41) is 9.15. The highest BCUT2D eigenvalue weighted by molar-refractivity contribution is 6.35. The quantitative estimate of drug-likeness (QED) is 0.857. The summed E-state index contributed by atoms with van der Waals surface area (Å²) in [6.45, 7) is 0. The van der Waals surface area contributed by atoms with Crippen LogP contribution in [0.3, 0.4) is 0 Å². The van der Waals surface area contributed by atoms with Gasteiger partial charge in [0.25, 0.3) is 0 Å². The van der Waals surface area contributed by atoms with Gasteiger partial charge in [-0.3, -0.25) is 4.79 Å². The maximum atomic E-state index is 11.9. The summed E-state index contributed by atoms with van der Waals surface area (Å²) in [7, 11) is 1.45. The largest absolute Gasteiger partial charge is 0.495 e. The molecule has 2 N–H and O–H groups in total. The zero-order chi connectivity index (χ0) is 12.6. The molecular weight excluding hydrogens is 246 g/mol. The molecule has 5 nitrogen and oxygen atoms in total. The number of aromatic carboxylic acids is 1. The number of carboxylic acid groups (broad SMARTS) is 1. The number of ether oxygens (including phenoxy) is 1. The van der Waals surface area contributed by atoms with Crippen molar-refractivity contribution in [1.29, 1.82) is 0 Å². The molecule has 1 aromatic heterocycles. The van der Waals surface area contributed by atoms with Crippen molar-refractivity contribution in [2.24, 2.45) is 0 Å². The van der Waals surface area contributed by atoms with Crippen LogP contribution < -0.4 is 10.2 Å². The highest BCUT2D eigenvalue weighted by Gasteiger charge is 2.15. The third-order valence-corrected chi connectivity index (χ3v) is 2.71. The van der Waals surface area contributed by atoms with E-state index in [-0.39, 0.29) is 16.0 Å². The second kappa shape index (κ2) is 4.10. The first-order chi connectivity index (χ1) is 8.06. The van der Waals surface area contributed by atoms with Crippen molar-refractivity contribution in [1.82, 2.24) is 4.98 Å². The van der Waals surface area contributed by atoms with E-state index in [0.29, 0.717) is 11.3 Å². The number of carbonyl (C=O) groups is 1. The molecule has 0 unspecified atom stereocenters. The Kier molecular flexibility index (Phi) is 2.77. The molecule has 0 aliphatic carbocycles. The lowest BCUT2D eigenvalue weighted by Gasteiger charge is -2.06. The van der Waals surface area contributed by atoms with Crippen molar-refractivity contribution in [3.63, 3.8) is 0 Å². The Bertz CT molecular complexity index is 662. The van der Waals surface area contributed by atoms with Crippen LogP contribution in [0.5, 0.6) is 5.75 Å². The Morgan fingerprint density at radius 2 is 2.18 bits per heavy atom. The smallest absolute Gasteiger partial charge is 0.341 e. The molecule has 2 rings (SSSR count). The van der Waals surface area contributed by atoms with Gasteiger partial charge in [0.15, 0.2) is 0 Å². The zero-order valence-corrected chi connectivity index (χ0v) is 9.54. The molecule has 0 spiro atoms. The van der Waals surface area contributed by atoms with Crippen LogP contribution in [0.1, 0.15) is 10.4 Å². The minimum absolute atomic E-state index is 0.117. The van der Waals surface area contributed by atoms with E-state index < -0.39 is 11.4 Å². The maximum Gasteiger partial charge on any atom is 0.341 e. The van der Waals surface area contributed by atoms with Gasteiger partial charge in [-0.05, 0) is 12.1 Å². The number of methoxy groups -OCH3 is 1. The first-order valence-electron chi connectivity index (χ1n) is 4.67. The fourth-order valence-electron chi connectivity index (χ4n) is 1.60. The number of hydrogen-bond acceptors (Lipinski definition) is 3. The van der Waals surface area contributed by atoms with E-state index in [0.717, 1.165) is 6.20 Å². The monoisotopic (exact) mass is 253 g/mol. The summed E-state index contributed by atoms with van der Waals surface area (Å²) in [6, 6.07) is 3.09. The summed E-state index contributed by atoms with van der Waals surface area (Å²) in [4.78, 5) is 25.5. The number of benzene rings is 1.